The number of fused-ring (bicyclic) bond motifs is 1. The Bertz CT molecular complexity index is 1190. The highest BCUT2D eigenvalue weighted by Crippen LogP contribution is 2.37. The first-order valence-electron chi connectivity index (χ1n) is 11.1. The molecular formula is C24H32FIN4O3Si-. The number of hydroxylamine groups is 1. The van der Waals surface area contributed by atoms with Gasteiger partial charge in [-0.25, -0.2) is 9.87 Å². The standard InChI is InChI=1S/C24H32FIN4O3Si/c1-15(33-34(6,7)24(2,3)4)14-32-29-23(31)22-21(17-13-27-11-10-20(17)30(22)5)28-19-9-8-16(26)12-18(19)25/h8-13,15,28H,14H2,1-7H3,(H,29,31)/q-1/t15-/m0/s1. The van der Waals surface area contributed by atoms with Crippen molar-refractivity contribution in [3.05, 3.63) is 51.7 Å². The summed E-state index contributed by atoms with van der Waals surface area (Å²) in [6, 6.07) is 6.67. The molecule has 3 rings (SSSR count). The number of hydrogen-bond donors (Lipinski definition) is 2. The van der Waals surface area contributed by atoms with Gasteiger partial charge in [0.05, 0.1) is 23.5 Å². The van der Waals surface area contributed by atoms with E-state index in [1.807, 2.05) is 6.92 Å². The van der Waals surface area contributed by atoms with Crippen LogP contribution in [0.5, 0.6) is 0 Å². The fourth-order valence-corrected chi connectivity index (χ4v) is 5.27. The third-order valence-corrected chi connectivity index (χ3v) is 11.5. The van der Waals surface area contributed by atoms with Crippen LogP contribution < -0.4 is 10.8 Å². The minimum atomic E-state index is -1.95. The van der Waals surface area contributed by atoms with Gasteiger partial charge in [-0.2, -0.15) is 0 Å². The van der Waals surface area contributed by atoms with Gasteiger partial charge in [0.1, 0.15) is 11.5 Å². The lowest BCUT2D eigenvalue weighted by Gasteiger charge is -2.50. The van der Waals surface area contributed by atoms with E-state index in [2.05, 4.69) is 72.2 Å². The smallest absolute Gasteiger partial charge is 0.293 e. The second-order valence-electron chi connectivity index (χ2n) is 9.86. The first-order valence-corrected chi connectivity index (χ1v) is 15.0. The summed E-state index contributed by atoms with van der Waals surface area (Å²) in [5.74, 6) is -0.862. The first kappa shape index (κ1) is 26.6. The molecule has 0 radical (unpaired) electrons. The zero-order valence-corrected chi connectivity index (χ0v) is 23.8. The number of amides is 1. The van der Waals surface area contributed by atoms with Gasteiger partial charge in [0.15, 0.2) is 0 Å². The maximum atomic E-state index is 14.6. The van der Waals surface area contributed by atoms with Crippen LogP contribution in [0.25, 0.3) is 10.9 Å². The highest BCUT2D eigenvalue weighted by atomic mass is 127. The van der Waals surface area contributed by atoms with E-state index in [4.69, 9.17) is 9.26 Å². The van der Waals surface area contributed by atoms with Gasteiger partial charge in [0.2, 0.25) is 0 Å². The van der Waals surface area contributed by atoms with E-state index in [1.165, 1.54) is 6.07 Å². The Morgan fingerprint density at radius 3 is 2.65 bits per heavy atom. The summed E-state index contributed by atoms with van der Waals surface area (Å²) in [6.07, 6.45) is 3.11. The van der Waals surface area contributed by atoms with Crippen LogP contribution >= 0.6 is 22.6 Å². The molecule has 0 saturated carbocycles. The zero-order chi connectivity index (χ0) is 25.3. The minimum absolute atomic E-state index is 0.0764. The monoisotopic (exact) mass is 598 g/mol. The summed E-state index contributed by atoms with van der Waals surface area (Å²) in [5.41, 5.74) is 4.33. The third kappa shape index (κ3) is 5.78. The maximum absolute atomic E-state index is 14.6. The van der Waals surface area contributed by atoms with Crippen LogP contribution in [-0.4, -0.2) is 36.5 Å². The Kier molecular flexibility index (Phi) is 8.05. The van der Waals surface area contributed by atoms with Gasteiger partial charge in [-0.3, -0.25) is 14.6 Å². The van der Waals surface area contributed by atoms with Gasteiger partial charge in [0.25, 0.3) is 5.91 Å². The minimum Gasteiger partial charge on any atom is -0.561 e. The predicted octanol–water partition coefficient (Wildman–Crippen LogP) is 6.13. The average Bonchev–Trinajstić information content (AvgIpc) is 3.01. The third-order valence-electron chi connectivity index (χ3n) is 6.19. The van der Waals surface area contributed by atoms with Crippen molar-refractivity contribution in [1.29, 1.82) is 0 Å². The molecule has 2 aromatic heterocycles. The Balaban J connectivity index is 1.80. The van der Waals surface area contributed by atoms with Gasteiger partial charge in [0, 0.05) is 34.5 Å². The van der Waals surface area contributed by atoms with Crippen LogP contribution in [0.15, 0.2) is 36.7 Å². The van der Waals surface area contributed by atoms with E-state index < -0.39 is 20.0 Å². The molecular weight excluding hydrogens is 566 g/mol. The molecule has 0 aliphatic carbocycles. The largest absolute Gasteiger partial charge is 0.561 e. The number of benzene rings is 1. The van der Waals surface area contributed by atoms with Crippen LogP contribution in [-0.2, 0) is 16.3 Å². The molecule has 0 aliphatic rings. The highest BCUT2D eigenvalue weighted by Gasteiger charge is 2.27. The number of aryl methyl sites for hydroxylation is 1. The number of nitrogens with one attached hydrogen (secondary N) is 2. The molecule has 10 heteroatoms. The Morgan fingerprint density at radius 2 is 2.00 bits per heavy atom. The van der Waals surface area contributed by atoms with E-state index in [0.29, 0.717) is 16.8 Å². The molecule has 185 valence electrons. The molecule has 0 aliphatic heterocycles. The Morgan fingerprint density at radius 1 is 1.29 bits per heavy atom. The number of nitrogens with zero attached hydrogens (tertiary/aromatic N) is 2. The fraction of sp³-hybridized carbons (Fsp3) is 0.417. The average molecular weight is 599 g/mol. The van der Waals surface area contributed by atoms with Crippen LogP contribution in [0.2, 0.25) is 18.1 Å². The number of rotatable bonds is 8. The normalized spacial score (nSPS) is 13.2. The lowest BCUT2D eigenvalue weighted by molar-refractivity contribution is -0.00379. The van der Waals surface area contributed by atoms with Crippen molar-refractivity contribution in [2.75, 3.05) is 11.9 Å². The van der Waals surface area contributed by atoms with Crippen molar-refractivity contribution in [3.63, 3.8) is 0 Å². The number of anilines is 2. The summed E-state index contributed by atoms with van der Waals surface area (Å²) in [7, 11) is -0.178. The summed E-state index contributed by atoms with van der Waals surface area (Å²) in [4.78, 5) is 22.9. The van der Waals surface area contributed by atoms with Crippen molar-refractivity contribution in [2.45, 2.75) is 51.9 Å². The molecule has 0 saturated heterocycles. The van der Waals surface area contributed by atoms with Crippen molar-refractivity contribution in [1.82, 2.24) is 15.0 Å². The zero-order valence-electron chi connectivity index (χ0n) is 20.6. The van der Waals surface area contributed by atoms with Crippen molar-refractivity contribution >= 4 is 59.1 Å². The highest BCUT2D eigenvalue weighted by molar-refractivity contribution is 14.1. The second kappa shape index (κ2) is 10.3. The van der Waals surface area contributed by atoms with E-state index in [9.17, 15) is 9.18 Å². The molecule has 2 N–H and O–H groups in total. The fourth-order valence-electron chi connectivity index (χ4n) is 3.39. The van der Waals surface area contributed by atoms with Crippen LogP contribution in [0.1, 0.15) is 38.2 Å². The molecule has 3 aromatic rings. The van der Waals surface area contributed by atoms with Crippen LogP contribution in [0, 0.1) is 9.39 Å². The molecule has 1 aromatic carbocycles. The maximum Gasteiger partial charge on any atom is 0.293 e. The van der Waals surface area contributed by atoms with Crippen molar-refractivity contribution in [2.24, 2.45) is 7.05 Å². The molecule has 0 bridgehead atoms. The van der Waals surface area contributed by atoms with Gasteiger partial charge < -0.3 is 14.3 Å². The topological polar surface area (TPSA) is 77.4 Å². The number of carbonyl (C=O) groups is 1. The van der Waals surface area contributed by atoms with E-state index >= 15 is 0 Å². The van der Waals surface area contributed by atoms with Gasteiger partial charge >= 0.3 is 0 Å². The van der Waals surface area contributed by atoms with Gasteiger partial charge in [-0.1, -0.05) is 20.8 Å². The molecule has 0 spiro atoms. The molecule has 1 amide bonds. The van der Waals surface area contributed by atoms with E-state index in [1.54, 1.807) is 42.2 Å². The summed E-state index contributed by atoms with van der Waals surface area (Å²) in [5, 5.41) is 3.86. The second-order valence-corrected chi connectivity index (χ2v) is 15.9. The number of hydrogen-bond acceptors (Lipinski definition) is 5. The molecule has 1 atom stereocenters. The van der Waals surface area contributed by atoms with Crippen molar-refractivity contribution in [3.8, 4) is 0 Å². The Hall–Kier alpha value is -2.02. The summed E-state index contributed by atoms with van der Waals surface area (Å²) >= 11 is 2.05. The van der Waals surface area contributed by atoms with Crippen molar-refractivity contribution < 1.29 is 18.4 Å². The molecule has 2 heterocycles. The van der Waals surface area contributed by atoms with E-state index in [0.717, 1.165) is 9.09 Å². The molecule has 0 unspecified atom stereocenters. The number of pyridine rings is 1. The first-order chi connectivity index (χ1) is 15.8. The van der Waals surface area contributed by atoms with Gasteiger partial charge in [-0.05, 0) is 62.1 Å². The predicted molar refractivity (Wildman–Crippen MR) is 144 cm³/mol. The SMILES string of the molecule is C[C@@H](CONC(=O)c1c(Nc2ccc(I)cc2F)c2cnccc2n1C)O[Si-](C)(C)C(C)(C)C. The van der Waals surface area contributed by atoms with Crippen LogP contribution in [0.3, 0.4) is 0 Å². The quantitative estimate of drug-likeness (QED) is 0.185. The number of aromatic nitrogens is 2. The summed E-state index contributed by atoms with van der Waals surface area (Å²) in [6.45, 7) is 13.0. The lowest BCUT2D eigenvalue weighted by Crippen LogP contribution is -2.44. The van der Waals surface area contributed by atoms with E-state index in [-0.39, 0.29) is 23.4 Å². The Labute approximate surface area is 214 Å². The molecule has 7 nitrogen and oxygen atoms in total. The van der Waals surface area contributed by atoms with Gasteiger partial charge in [-0.15, -0.1) is 18.1 Å². The van der Waals surface area contributed by atoms with Crippen LogP contribution in [0.4, 0.5) is 15.8 Å². The molecule has 34 heavy (non-hydrogen) atoms. The molecule has 0 fully saturated rings. The number of carbonyl (C=O) groups excluding carboxylic acids is 1. The summed E-state index contributed by atoms with van der Waals surface area (Å²) < 4.78 is 23.4. The lowest BCUT2D eigenvalue weighted by atomic mass is 10.2. The number of halogens is 2.